The normalized spacial score (nSPS) is 29.4. The van der Waals surface area contributed by atoms with E-state index in [-0.39, 0.29) is 23.4 Å². The molecular formula is C13H19N5O2. The molecule has 7 heteroatoms. The molecule has 0 saturated heterocycles. The molecule has 0 aliphatic heterocycles. The Hall–Kier alpha value is -1.92. The van der Waals surface area contributed by atoms with Crippen molar-refractivity contribution >= 4 is 17.3 Å². The van der Waals surface area contributed by atoms with Gasteiger partial charge in [0.1, 0.15) is 6.33 Å². The third-order valence-corrected chi connectivity index (χ3v) is 4.83. The van der Waals surface area contributed by atoms with Crippen LogP contribution in [0.4, 0.5) is 17.3 Å². The average Bonchev–Trinajstić information content (AvgIpc) is 3.00. The highest BCUT2D eigenvalue weighted by atomic mass is 16.6. The third kappa shape index (κ3) is 2.17. The Morgan fingerprint density at radius 1 is 1.45 bits per heavy atom. The molecule has 0 spiro atoms. The van der Waals surface area contributed by atoms with Gasteiger partial charge in [-0.3, -0.25) is 10.1 Å². The SMILES string of the molecule is C[C@H](Nc1ncnc(N)c1[N+](=O)[O-])[C@H]1C[C@@H]2CC[C@@H]1C2. The van der Waals surface area contributed by atoms with E-state index < -0.39 is 4.92 Å². The summed E-state index contributed by atoms with van der Waals surface area (Å²) in [5.41, 5.74) is 5.36. The number of anilines is 2. The Morgan fingerprint density at radius 3 is 2.85 bits per heavy atom. The predicted molar refractivity (Wildman–Crippen MR) is 75.1 cm³/mol. The largest absolute Gasteiger partial charge is 0.378 e. The number of nitrogens with two attached hydrogens (primary N) is 1. The summed E-state index contributed by atoms with van der Waals surface area (Å²) in [7, 11) is 0. The van der Waals surface area contributed by atoms with Gasteiger partial charge in [-0.15, -0.1) is 0 Å². The van der Waals surface area contributed by atoms with Crippen LogP contribution in [0.3, 0.4) is 0 Å². The minimum absolute atomic E-state index is 0.0901. The van der Waals surface area contributed by atoms with Crippen molar-refractivity contribution in [3.63, 3.8) is 0 Å². The Kier molecular flexibility index (Phi) is 3.19. The minimum atomic E-state index is -0.523. The van der Waals surface area contributed by atoms with Crippen molar-refractivity contribution in [2.45, 2.75) is 38.6 Å². The molecule has 0 unspecified atom stereocenters. The zero-order chi connectivity index (χ0) is 14.3. The number of hydrogen-bond acceptors (Lipinski definition) is 6. The fraction of sp³-hybridized carbons (Fsp3) is 0.692. The van der Waals surface area contributed by atoms with Gasteiger partial charge in [0.25, 0.3) is 0 Å². The number of rotatable bonds is 4. The summed E-state index contributed by atoms with van der Waals surface area (Å²) in [6.45, 7) is 2.08. The van der Waals surface area contributed by atoms with Gasteiger partial charge in [-0.25, -0.2) is 9.97 Å². The fourth-order valence-electron chi connectivity index (χ4n) is 3.91. The van der Waals surface area contributed by atoms with Gasteiger partial charge in [0.2, 0.25) is 11.6 Å². The van der Waals surface area contributed by atoms with Crippen molar-refractivity contribution in [2.75, 3.05) is 11.1 Å². The van der Waals surface area contributed by atoms with Gasteiger partial charge in [-0.2, -0.15) is 0 Å². The van der Waals surface area contributed by atoms with Crippen molar-refractivity contribution in [2.24, 2.45) is 17.8 Å². The quantitative estimate of drug-likeness (QED) is 0.645. The van der Waals surface area contributed by atoms with E-state index in [4.69, 9.17) is 5.73 Å². The molecule has 3 N–H and O–H groups in total. The van der Waals surface area contributed by atoms with Crippen LogP contribution >= 0.6 is 0 Å². The van der Waals surface area contributed by atoms with Crippen molar-refractivity contribution < 1.29 is 4.92 Å². The lowest BCUT2D eigenvalue weighted by Crippen LogP contribution is -2.30. The van der Waals surface area contributed by atoms with E-state index >= 15 is 0 Å². The summed E-state index contributed by atoms with van der Waals surface area (Å²) in [6.07, 6.45) is 6.42. The van der Waals surface area contributed by atoms with E-state index in [0.717, 1.165) is 11.8 Å². The van der Waals surface area contributed by atoms with Crippen molar-refractivity contribution in [3.05, 3.63) is 16.4 Å². The molecule has 0 amide bonds. The van der Waals surface area contributed by atoms with E-state index in [1.54, 1.807) is 0 Å². The zero-order valence-electron chi connectivity index (χ0n) is 11.5. The molecule has 108 valence electrons. The Labute approximate surface area is 117 Å². The number of fused-ring (bicyclic) bond motifs is 2. The molecule has 0 radical (unpaired) electrons. The van der Waals surface area contributed by atoms with Crippen molar-refractivity contribution in [1.82, 2.24) is 9.97 Å². The topological polar surface area (TPSA) is 107 Å². The molecule has 2 aliphatic rings. The summed E-state index contributed by atoms with van der Waals surface area (Å²) in [4.78, 5) is 18.2. The standard InChI is InChI=1S/C13H19N5O2/c1-7(10-5-8-2-3-9(10)4-8)17-13-11(18(19)20)12(14)15-6-16-13/h6-10H,2-5H2,1H3,(H3,14,15,16,17)/t7-,8+,9+,10+/m0/s1. The molecule has 1 aromatic rings. The van der Waals surface area contributed by atoms with E-state index in [1.165, 1.54) is 32.0 Å². The van der Waals surface area contributed by atoms with Crippen LogP contribution in [0.2, 0.25) is 0 Å². The van der Waals surface area contributed by atoms with Crippen LogP contribution in [-0.4, -0.2) is 20.9 Å². The number of nitrogens with zero attached hydrogens (tertiary/aromatic N) is 3. The smallest absolute Gasteiger partial charge is 0.352 e. The molecule has 4 atom stereocenters. The second-order valence-electron chi connectivity index (χ2n) is 5.98. The summed E-state index contributed by atoms with van der Waals surface area (Å²) in [5.74, 6) is 2.32. The lowest BCUT2D eigenvalue weighted by Gasteiger charge is -2.28. The summed E-state index contributed by atoms with van der Waals surface area (Å²) >= 11 is 0. The first-order chi connectivity index (χ1) is 9.56. The first kappa shape index (κ1) is 13.1. The molecule has 2 saturated carbocycles. The van der Waals surface area contributed by atoms with Crippen LogP contribution in [0, 0.1) is 27.9 Å². The third-order valence-electron chi connectivity index (χ3n) is 4.83. The van der Waals surface area contributed by atoms with Gasteiger partial charge in [-0.05, 0) is 43.9 Å². The van der Waals surface area contributed by atoms with Gasteiger partial charge >= 0.3 is 5.69 Å². The van der Waals surface area contributed by atoms with Gasteiger partial charge in [0.05, 0.1) is 4.92 Å². The molecule has 2 aliphatic carbocycles. The maximum Gasteiger partial charge on any atom is 0.352 e. The van der Waals surface area contributed by atoms with E-state index in [9.17, 15) is 10.1 Å². The zero-order valence-corrected chi connectivity index (χ0v) is 11.5. The van der Waals surface area contributed by atoms with Crippen LogP contribution in [0.15, 0.2) is 6.33 Å². The highest BCUT2D eigenvalue weighted by Crippen LogP contribution is 2.50. The number of nitro groups is 1. The molecule has 2 fully saturated rings. The number of hydrogen-bond donors (Lipinski definition) is 2. The molecule has 2 bridgehead atoms. The fourth-order valence-corrected chi connectivity index (χ4v) is 3.91. The molecule has 1 heterocycles. The van der Waals surface area contributed by atoms with Crippen molar-refractivity contribution in [3.8, 4) is 0 Å². The maximum atomic E-state index is 11.1. The van der Waals surface area contributed by atoms with Gasteiger partial charge in [-0.1, -0.05) is 6.42 Å². The highest BCUT2D eigenvalue weighted by Gasteiger charge is 2.42. The van der Waals surface area contributed by atoms with Crippen molar-refractivity contribution in [1.29, 1.82) is 0 Å². The van der Waals surface area contributed by atoms with E-state index in [2.05, 4.69) is 22.2 Å². The van der Waals surface area contributed by atoms with Gasteiger partial charge in [0, 0.05) is 6.04 Å². The van der Waals surface area contributed by atoms with Gasteiger partial charge in [0.15, 0.2) is 0 Å². The van der Waals surface area contributed by atoms with Crippen LogP contribution in [0.1, 0.15) is 32.6 Å². The van der Waals surface area contributed by atoms with Crippen LogP contribution in [-0.2, 0) is 0 Å². The predicted octanol–water partition coefficient (Wildman–Crippen LogP) is 2.20. The maximum absolute atomic E-state index is 11.1. The van der Waals surface area contributed by atoms with Crippen LogP contribution < -0.4 is 11.1 Å². The van der Waals surface area contributed by atoms with Crippen LogP contribution in [0.5, 0.6) is 0 Å². The number of nitrogen functional groups attached to an aromatic ring is 1. The molecule has 0 aromatic carbocycles. The Morgan fingerprint density at radius 2 is 2.25 bits per heavy atom. The average molecular weight is 277 g/mol. The van der Waals surface area contributed by atoms with E-state index in [0.29, 0.717) is 5.92 Å². The lowest BCUT2D eigenvalue weighted by atomic mass is 9.84. The lowest BCUT2D eigenvalue weighted by molar-refractivity contribution is -0.383. The molecule has 7 nitrogen and oxygen atoms in total. The second kappa shape index (κ2) is 4.88. The van der Waals surface area contributed by atoms with Gasteiger partial charge < -0.3 is 11.1 Å². The van der Waals surface area contributed by atoms with E-state index in [1.807, 2.05) is 0 Å². The molecule has 1 aromatic heterocycles. The second-order valence-corrected chi connectivity index (χ2v) is 5.98. The minimum Gasteiger partial charge on any atom is -0.378 e. The first-order valence-electron chi connectivity index (χ1n) is 7.07. The Bertz CT molecular complexity index is 535. The highest BCUT2D eigenvalue weighted by molar-refractivity contribution is 5.67. The summed E-state index contributed by atoms with van der Waals surface area (Å²) in [5, 5.41) is 14.3. The number of aromatic nitrogens is 2. The molecule has 20 heavy (non-hydrogen) atoms. The molecule has 3 rings (SSSR count). The summed E-state index contributed by atoms with van der Waals surface area (Å²) in [6, 6.07) is 0.165. The van der Waals surface area contributed by atoms with Crippen LogP contribution in [0.25, 0.3) is 0 Å². The first-order valence-corrected chi connectivity index (χ1v) is 7.07. The molecular weight excluding hydrogens is 258 g/mol. The summed E-state index contributed by atoms with van der Waals surface area (Å²) < 4.78 is 0. The monoisotopic (exact) mass is 277 g/mol. The Balaban J connectivity index is 1.78. The number of nitrogens with one attached hydrogen (secondary N) is 1.